The number of likely N-dealkylation sites (tertiary alicyclic amines) is 1. The Kier molecular flexibility index (Phi) is 10.7. The molecule has 1 heterocycles. The minimum atomic E-state index is -4.66. The van der Waals surface area contributed by atoms with Crippen molar-refractivity contribution in [2.45, 2.75) is 24.9 Å². The Morgan fingerprint density at radius 3 is 2.31 bits per heavy atom. The van der Waals surface area contributed by atoms with Crippen LogP contribution in [0.5, 0.6) is 0 Å². The van der Waals surface area contributed by atoms with Crippen molar-refractivity contribution < 1.29 is 46.8 Å². The lowest BCUT2D eigenvalue weighted by Gasteiger charge is -2.23. The van der Waals surface area contributed by atoms with Crippen LogP contribution in [0.25, 0.3) is 0 Å². The van der Waals surface area contributed by atoms with Crippen molar-refractivity contribution in [3.8, 4) is 0 Å². The Morgan fingerprint density at radius 2 is 1.69 bits per heavy atom. The number of carbonyl (C=O) groups is 2. The second kappa shape index (κ2) is 13.2. The molecule has 0 bridgehead atoms. The second-order valence-corrected chi connectivity index (χ2v) is 6.88. The maximum atomic E-state index is 12.8. The number of rotatable bonds is 13. The van der Waals surface area contributed by atoms with Crippen LogP contribution in [0, 0.1) is 0 Å². The van der Waals surface area contributed by atoms with E-state index in [1.54, 1.807) is 35.2 Å². The molecule has 0 spiro atoms. The van der Waals surface area contributed by atoms with Crippen LogP contribution in [-0.4, -0.2) is 87.2 Å². The van der Waals surface area contributed by atoms with E-state index in [0.29, 0.717) is 25.1 Å². The van der Waals surface area contributed by atoms with Gasteiger partial charge in [-0.1, -0.05) is 30.3 Å². The van der Waals surface area contributed by atoms with Gasteiger partial charge < -0.3 is 29.5 Å². The first kappa shape index (κ1) is 25.8. The fraction of sp³-hybridized carbons (Fsp3) is 0.600. The van der Waals surface area contributed by atoms with Gasteiger partial charge in [-0.2, -0.15) is 0 Å². The van der Waals surface area contributed by atoms with Crippen molar-refractivity contribution in [1.82, 2.24) is 10.2 Å². The van der Waals surface area contributed by atoms with E-state index < -0.39 is 25.1 Å². The second-order valence-electron chi connectivity index (χ2n) is 6.88. The predicted octanol–water partition coefficient (Wildman–Crippen LogP) is 2.18. The molecule has 1 aromatic carbocycles. The summed E-state index contributed by atoms with van der Waals surface area (Å²) in [5, 5.41) is 11.4. The zero-order chi connectivity index (χ0) is 23.4. The highest BCUT2D eigenvalue weighted by Crippen LogP contribution is 2.21. The Bertz CT molecular complexity index is 706. The van der Waals surface area contributed by atoms with Gasteiger partial charge in [0.05, 0.1) is 45.7 Å². The van der Waals surface area contributed by atoms with Crippen LogP contribution in [0.3, 0.4) is 0 Å². The SMILES string of the molecule is O=C(O)N[C@H](C(=O)N1CC[C@H](OCCOCCOCCOC(F)(F)F)C1)c1ccccc1. The number of nitrogens with zero attached hydrogens (tertiary/aromatic N) is 1. The van der Waals surface area contributed by atoms with Gasteiger partial charge in [-0.25, -0.2) is 4.79 Å². The van der Waals surface area contributed by atoms with E-state index in [0.717, 1.165) is 0 Å². The summed E-state index contributed by atoms with van der Waals surface area (Å²) in [7, 11) is 0. The molecule has 2 rings (SSSR count). The predicted molar refractivity (Wildman–Crippen MR) is 105 cm³/mol. The number of benzene rings is 1. The summed E-state index contributed by atoms with van der Waals surface area (Å²) >= 11 is 0. The van der Waals surface area contributed by atoms with Gasteiger partial charge in [0.25, 0.3) is 0 Å². The highest BCUT2D eigenvalue weighted by Gasteiger charge is 2.33. The molecule has 1 fully saturated rings. The van der Waals surface area contributed by atoms with Gasteiger partial charge in [0.1, 0.15) is 6.04 Å². The number of hydrogen-bond donors (Lipinski definition) is 2. The Balaban J connectivity index is 1.61. The molecular weight excluding hydrogens is 437 g/mol. The van der Waals surface area contributed by atoms with E-state index in [2.05, 4.69) is 10.1 Å². The molecule has 0 saturated carbocycles. The number of nitrogens with one attached hydrogen (secondary N) is 1. The van der Waals surface area contributed by atoms with E-state index in [1.807, 2.05) is 0 Å². The average molecular weight is 464 g/mol. The molecule has 0 aliphatic carbocycles. The number of carboxylic acid groups (broad SMARTS) is 1. The lowest BCUT2D eigenvalue weighted by Crippen LogP contribution is -2.42. The smallest absolute Gasteiger partial charge is 0.465 e. The molecule has 180 valence electrons. The third-order valence-corrected chi connectivity index (χ3v) is 4.55. The number of hydrogen-bond acceptors (Lipinski definition) is 6. The summed E-state index contributed by atoms with van der Waals surface area (Å²) in [6.45, 7) is 0.894. The van der Waals surface area contributed by atoms with E-state index in [9.17, 15) is 22.8 Å². The molecule has 0 unspecified atom stereocenters. The molecule has 1 aromatic rings. The fourth-order valence-corrected chi connectivity index (χ4v) is 3.12. The summed E-state index contributed by atoms with van der Waals surface area (Å²) < 4.78 is 54.8. The lowest BCUT2D eigenvalue weighted by atomic mass is 10.1. The molecule has 1 aliphatic heterocycles. The van der Waals surface area contributed by atoms with E-state index in [-0.39, 0.29) is 45.0 Å². The number of carbonyl (C=O) groups excluding carboxylic acids is 1. The van der Waals surface area contributed by atoms with Crippen LogP contribution in [0.1, 0.15) is 18.0 Å². The van der Waals surface area contributed by atoms with E-state index in [4.69, 9.17) is 19.3 Å². The highest BCUT2D eigenvalue weighted by atomic mass is 19.4. The summed E-state index contributed by atoms with van der Waals surface area (Å²) in [6.07, 6.45) is -5.53. The zero-order valence-electron chi connectivity index (χ0n) is 17.4. The van der Waals surface area contributed by atoms with Crippen LogP contribution < -0.4 is 5.32 Å². The first-order valence-electron chi connectivity index (χ1n) is 10.1. The third-order valence-electron chi connectivity index (χ3n) is 4.55. The van der Waals surface area contributed by atoms with Gasteiger partial charge in [-0.15, -0.1) is 13.2 Å². The first-order valence-corrected chi connectivity index (χ1v) is 10.1. The van der Waals surface area contributed by atoms with Gasteiger partial charge in [-0.3, -0.25) is 9.53 Å². The van der Waals surface area contributed by atoms with Crippen LogP contribution in [-0.2, 0) is 23.7 Å². The Morgan fingerprint density at radius 1 is 1.06 bits per heavy atom. The summed E-state index contributed by atoms with van der Waals surface area (Å²) in [4.78, 5) is 25.5. The van der Waals surface area contributed by atoms with Gasteiger partial charge in [0, 0.05) is 13.1 Å². The van der Waals surface area contributed by atoms with E-state index >= 15 is 0 Å². The molecule has 2 atom stereocenters. The van der Waals surface area contributed by atoms with Gasteiger partial charge in [-0.05, 0) is 12.0 Å². The standard InChI is InChI=1S/C20H27F3N2O7/c21-20(22,23)32-13-11-30-9-8-29-10-12-31-16-6-7-25(14-16)18(26)17(24-19(27)28)15-4-2-1-3-5-15/h1-5,16-17,24H,6-14H2,(H,27,28)/t16-,17-/m0/s1. The molecule has 32 heavy (non-hydrogen) atoms. The molecule has 12 heteroatoms. The van der Waals surface area contributed by atoms with Crippen LogP contribution in [0.4, 0.5) is 18.0 Å². The number of alkyl halides is 3. The molecule has 1 aliphatic rings. The third kappa shape index (κ3) is 9.81. The molecule has 0 aromatic heterocycles. The number of amides is 2. The molecule has 2 amide bonds. The maximum absolute atomic E-state index is 12.8. The minimum absolute atomic E-state index is 0.129. The van der Waals surface area contributed by atoms with Gasteiger partial charge >= 0.3 is 12.5 Å². The average Bonchev–Trinajstić information content (AvgIpc) is 3.21. The van der Waals surface area contributed by atoms with Gasteiger partial charge in [0.2, 0.25) is 5.91 Å². The topological polar surface area (TPSA) is 107 Å². The van der Waals surface area contributed by atoms with Crippen LogP contribution in [0.2, 0.25) is 0 Å². The Hall–Kier alpha value is -2.41. The van der Waals surface area contributed by atoms with Crippen molar-refractivity contribution in [1.29, 1.82) is 0 Å². The van der Waals surface area contributed by atoms with E-state index in [1.165, 1.54) is 0 Å². The summed E-state index contributed by atoms with van der Waals surface area (Å²) in [6, 6.07) is 7.63. The lowest BCUT2D eigenvalue weighted by molar-refractivity contribution is -0.327. The minimum Gasteiger partial charge on any atom is -0.465 e. The van der Waals surface area contributed by atoms with Crippen molar-refractivity contribution >= 4 is 12.0 Å². The fourth-order valence-electron chi connectivity index (χ4n) is 3.12. The number of ether oxygens (including phenoxy) is 4. The number of halogens is 3. The highest BCUT2D eigenvalue weighted by molar-refractivity contribution is 5.86. The van der Waals surface area contributed by atoms with Crippen molar-refractivity contribution in [3.05, 3.63) is 35.9 Å². The first-order chi connectivity index (χ1) is 15.3. The zero-order valence-corrected chi connectivity index (χ0v) is 17.4. The van der Waals surface area contributed by atoms with Gasteiger partial charge in [0.15, 0.2) is 0 Å². The maximum Gasteiger partial charge on any atom is 0.522 e. The molecule has 0 radical (unpaired) electrons. The van der Waals surface area contributed by atoms with Crippen molar-refractivity contribution in [2.75, 3.05) is 52.7 Å². The quantitative estimate of drug-likeness (QED) is 0.431. The molecular formula is C20H27F3N2O7. The molecule has 2 N–H and O–H groups in total. The molecule has 1 saturated heterocycles. The Labute approximate surface area is 183 Å². The summed E-state index contributed by atoms with van der Waals surface area (Å²) in [5.41, 5.74) is 0.560. The van der Waals surface area contributed by atoms with Crippen molar-refractivity contribution in [3.63, 3.8) is 0 Å². The molecule has 9 nitrogen and oxygen atoms in total. The normalized spacial score (nSPS) is 17.3. The monoisotopic (exact) mass is 464 g/mol. The largest absolute Gasteiger partial charge is 0.522 e. The van der Waals surface area contributed by atoms with Crippen LogP contribution in [0.15, 0.2) is 30.3 Å². The summed E-state index contributed by atoms with van der Waals surface area (Å²) in [5.74, 6) is -0.340. The van der Waals surface area contributed by atoms with Crippen LogP contribution >= 0.6 is 0 Å². The van der Waals surface area contributed by atoms with Crippen molar-refractivity contribution in [2.24, 2.45) is 0 Å².